The second kappa shape index (κ2) is 10.2. The fourth-order valence-corrected chi connectivity index (χ4v) is 6.08. The molecule has 9 nitrogen and oxygen atoms in total. The molecule has 2 aromatic heterocycles. The Morgan fingerprint density at radius 2 is 2.10 bits per heavy atom. The number of anilines is 1. The number of pyridine rings is 1. The summed E-state index contributed by atoms with van der Waals surface area (Å²) in [5, 5.41) is 24.3. The number of carbonyl (C=O) groups excluding carboxylic acids is 1. The van der Waals surface area contributed by atoms with Crippen molar-refractivity contribution in [3.8, 4) is 6.07 Å². The van der Waals surface area contributed by atoms with Crippen molar-refractivity contribution in [2.75, 3.05) is 25.0 Å². The molecule has 6 rings (SSSR count). The summed E-state index contributed by atoms with van der Waals surface area (Å²) >= 11 is 0. The molecule has 1 saturated heterocycles. The fourth-order valence-electron chi connectivity index (χ4n) is 6.08. The number of aromatic nitrogens is 4. The number of rotatable bonds is 8. The minimum absolute atomic E-state index is 0.0227. The van der Waals surface area contributed by atoms with Gasteiger partial charge in [0, 0.05) is 61.6 Å². The van der Waals surface area contributed by atoms with Gasteiger partial charge in [-0.2, -0.15) is 5.26 Å². The van der Waals surface area contributed by atoms with Gasteiger partial charge in [-0.05, 0) is 68.0 Å². The van der Waals surface area contributed by atoms with Crippen molar-refractivity contribution in [2.45, 2.75) is 62.4 Å². The van der Waals surface area contributed by atoms with Crippen LogP contribution in [0.3, 0.4) is 0 Å². The number of hydrogen-bond donors (Lipinski definition) is 2. The average molecular weight is 526 g/mol. The number of nitrogens with one attached hydrogen (secondary N) is 2. The molecule has 1 aliphatic heterocycles. The van der Waals surface area contributed by atoms with Crippen LogP contribution in [0.2, 0.25) is 0 Å². The first kappa shape index (κ1) is 25.7. The summed E-state index contributed by atoms with van der Waals surface area (Å²) in [7, 11) is 1.94. The topological polar surface area (TPSA) is 118 Å². The van der Waals surface area contributed by atoms with Gasteiger partial charge >= 0.3 is 0 Å². The van der Waals surface area contributed by atoms with E-state index in [9.17, 15) is 10.1 Å². The largest absolute Gasteiger partial charge is 0.372 e. The summed E-state index contributed by atoms with van der Waals surface area (Å²) in [5.74, 6) is 1.13. The molecule has 0 bridgehead atoms. The molecule has 2 N–H and O–H groups in total. The van der Waals surface area contributed by atoms with Gasteiger partial charge in [-0.1, -0.05) is 12.1 Å². The predicted octanol–water partition coefficient (Wildman–Crippen LogP) is 3.67. The van der Waals surface area contributed by atoms with Gasteiger partial charge in [-0.15, -0.1) is 10.2 Å². The molecule has 2 saturated carbocycles. The van der Waals surface area contributed by atoms with Gasteiger partial charge in [0.15, 0.2) is 0 Å². The minimum atomic E-state index is -0.302. The summed E-state index contributed by atoms with van der Waals surface area (Å²) in [5.41, 5.74) is 3.84. The van der Waals surface area contributed by atoms with E-state index >= 15 is 0 Å². The van der Waals surface area contributed by atoms with Crippen LogP contribution in [0.4, 0.5) is 5.69 Å². The van der Waals surface area contributed by atoms with Crippen LogP contribution in [-0.2, 0) is 30.0 Å². The summed E-state index contributed by atoms with van der Waals surface area (Å²) in [6, 6.07) is 14.5. The van der Waals surface area contributed by atoms with Gasteiger partial charge in [-0.25, -0.2) is 4.98 Å². The molecule has 3 fully saturated rings. The SMILES string of the molecule is Cn1cnnc1CC1(c2cccc(NC(=O)c3cc(CC4(C)CNCCO4)cc(C4CC4)n3)c2)CC(C#N)C1. The smallest absolute Gasteiger partial charge is 0.274 e. The number of nitriles is 1. The molecule has 0 spiro atoms. The molecule has 0 radical (unpaired) electrons. The van der Waals surface area contributed by atoms with Gasteiger partial charge in [-0.3, -0.25) is 4.79 Å². The molecular formula is C30H35N7O2. The Kier molecular flexibility index (Phi) is 6.69. The van der Waals surface area contributed by atoms with E-state index in [2.05, 4.69) is 46.0 Å². The van der Waals surface area contributed by atoms with Crippen LogP contribution in [0.1, 0.15) is 71.7 Å². The van der Waals surface area contributed by atoms with E-state index in [0.717, 1.165) is 73.5 Å². The van der Waals surface area contributed by atoms with Crippen LogP contribution in [0, 0.1) is 17.2 Å². The quantitative estimate of drug-likeness (QED) is 0.461. The molecule has 9 heteroatoms. The third kappa shape index (κ3) is 5.45. The molecule has 1 aromatic carbocycles. The fraction of sp³-hybridized carbons (Fsp3) is 0.500. The molecule has 3 aromatic rings. The maximum absolute atomic E-state index is 13.5. The molecule has 3 aliphatic rings. The maximum Gasteiger partial charge on any atom is 0.274 e. The Morgan fingerprint density at radius 1 is 1.26 bits per heavy atom. The van der Waals surface area contributed by atoms with Crippen molar-refractivity contribution in [2.24, 2.45) is 13.0 Å². The van der Waals surface area contributed by atoms with E-state index in [0.29, 0.717) is 24.6 Å². The average Bonchev–Trinajstić information content (AvgIpc) is 3.68. The highest BCUT2D eigenvalue weighted by Crippen LogP contribution is 2.50. The molecule has 1 atom stereocenters. The zero-order valence-electron chi connectivity index (χ0n) is 22.6. The summed E-state index contributed by atoms with van der Waals surface area (Å²) in [6.07, 6.45) is 6.88. The van der Waals surface area contributed by atoms with Crippen molar-refractivity contribution in [3.63, 3.8) is 0 Å². The highest BCUT2D eigenvalue weighted by Gasteiger charge is 2.46. The van der Waals surface area contributed by atoms with Crippen LogP contribution in [0.15, 0.2) is 42.7 Å². The lowest BCUT2D eigenvalue weighted by molar-refractivity contribution is -0.0517. The maximum atomic E-state index is 13.5. The van der Waals surface area contributed by atoms with Crippen LogP contribution in [-0.4, -0.2) is 51.0 Å². The van der Waals surface area contributed by atoms with Gasteiger partial charge < -0.3 is 19.9 Å². The van der Waals surface area contributed by atoms with Gasteiger partial charge in [0.2, 0.25) is 0 Å². The predicted molar refractivity (Wildman–Crippen MR) is 146 cm³/mol. The number of ether oxygens (including phenoxy) is 1. The number of carbonyl (C=O) groups is 1. The Bertz CT molecular complexity index is 1410. The molecular weight excluding hydrogens is 490 g/mol. The minimum Gasteiger partial charge on any atom is -0.372 e. The standard InChI is InChI=1S/C30H35N7O2/c1-29(18-32-8-9-39-29)13-20-10-25(22-6-7-22)35-26(11-20)28(38)34-24-5-3-4-23(12-24)30(14-21(15-30)17-31)16-27-36-33-19-37(27)2/h3-5,10-12,19,21-22,32H,6-9,13-16,18H2,1-2H3,(H,34,38). The number of aryl methyl sites for hydroxylation is 1. The van der Waals surface area contributed by atoms with Gasteiger partial charge in [0.1, 0.15) is 17.8 Å². The lowest BCUT2D eigenvalue weighted by Crippen LogP contribution is -2.49. The first-order valence-electron chi connectivity index (χ1n) is 13.8. The van der Waals surface area contributed by atoms with E-state index in [1.807, 2.05) is 35.9 Å². The molecule has 3 heterocycles. The van der Waals surface area contributed by atoms with Crippen molar-refractivity contribution in [1.29, 1.82) is 5.26 Å². The Labute approximate surface area is 229 Å². The third-order valence-corrected chi connectivity index (χ3v) is 8.43. The lowest BCUT2D eigenvalue weighted by atomic mass is 9.57. The summed E-state index contributed by atoms with van der Waals surface area (Å²) < 4.78 is 8.02. The number of nitrogens with zero attached hydrogens (tertiary/aromatic N) is 5. The summed E-state index contributed by atoms with van der Waals surface area (Å²) in [6.45, 7) is 4.46. The molecule has 1 amide bonds. The second-order valence-electron chi connectivity index (χ2n) is 11.8. The number of hydrogen-bond acceptors (Lipinski definition) is 7. The normalized spacial score (nSPS) is 26.4. The molecule has 202 valence electrons. The highest BCUT2D eigenvalue weighted by atomic mass is 16.5. The van der Waals surface area contributed by atoms with Gasteiger partial charge in [0.25, 0.3) is 5.91 Å². The first-order valence-corrected chi connectivity index (χ1v) is 13.8. The lowest BCUT2D eigenvalue weighted by Gasteiger charge is -2.45. The van der Waals surface area contributed by atoms with Crippen LogP contribution >= 0.6 is 0 Å². The van der Waals surface area contributed by atoms with Crippen molar-refractivity contribution in [1.82, 2.24) is 25.1 Å². The Morgan fingerprint density at radius 3 is 2.79 bits per heavy atom. The van der Waals surface area contributed by atoms with Gasteiger partial charge in [0.05, 0.1) is 18.3 Å². The molecule has 2 aliphatic carbocycles. The van der Waals surface area contributed by atoms with E-state index in [1.165, 1.54) is 0 Å². The van der Waals surface area contributed by atoms with Crippen molar-refractivity contribution in [3.05, 3.63) is 71.1 Å². The summed E-state index contributed by atoms with van der Waals surface area (Å²) in [4.78, 5) is 18.3. The van der Waals surface area contributed by atoms with Crippen LogP contribution in [0.5, 0.6) is 0 Å². The monoisotopic (exact) mass is 525 g/mol. The molecule has 39 heavy (non-hydrogen) atoms. The van der Waals surface area contributed by atoms with Crippen molar-refractivity contribution < 1.29 is 9.53 Å². The van der Waals surface area contributed by atoms with Crippen molar-refractivity contribution >= 4 is 11.6 Å². The second-order valence-corrected chi connectivity index (χ2v) is 11.8. The van der Waals surface area contributed by atoms with E-state index in [-0.39, 0.29) is 22.8 Å². The Balaban J connectivity index is 1.23. The zero-order valence-corrected chi connectivity index (χ0v) is 22.6. The Hall–Kier alpha value is -3.61. The van der Waals surface area contributed by atoms with Crippen LogP contribution in [0.25, 0.3) is 0 Å². The van der Waals surface area contributed by atoms with E-state index in [1.54, 1.807) is 6.33 Å². The number of morpholine rings is 1. The first-order chi connectivity index (χ1) is 18.8. The third-order valence-electron chi connectivity index (χ3n) is 8.43. The van der Waals surface area contributed by atoms with E-state index < -0.39 is 0 Å². The zero-order chi connectivity index (χ0) is 27.0. The highest BCUT2D eigenvalue weighted by molar-refractivity contribution is 6.03. The number of amides is 1. The molecule has 1 unspecified atom stereocenters. The van der Waals surface area contributed by atoms with Crippen LogP contribution < -0.4 is 10.6 Å². The number of benzene rings is 1. The van der Waals surface area contributed by atoms with E-state index in [4.69, 9.17) is 9.72 Å².